The summed E-state index contributed by atoms with van der Waals surface area (Å²) in [6.07, 6.45) is 4.62. The van der Waals surface area contributed by atoms with Crippen molar-refractivity contribution in [2.45, 2.75) is 37.8 Å². The lowest BCUT2D eigenvalue weighted by atomic mass is 10.0. The van der Waals surface area contributed by atoms with Crippen LogP contribution >= 0.6 is 11.3 Å². The molecule has 0 radical (unpaired) electrons. The van der Waals surface area contributed by atoms with Crippen LogP contribution < -0.4 is 10.1 Å². The topological polar surface area (TPSA) is 79.5 Å². The Balaban J connectivity index is 1.13. The molecule has 4 aromatic rings. The quantitative estimate of drug-likeness (QED) is 0.277. The number of piperidine rings is 1. The van der Waals surface area contributed by atoms with Gasteiger partial charge in [-0.05, 0) is 85.5 Å². The summed E-state index contributed by atoms with van der Waals surface area (Å²) in [7, 11) is 1.75. The zero-order valence-corrected chi connectivity index (χ0v) is 22.5. The largest absolute Gasteiger partial charge is 0.490 e. The Morgan fingerprint density at radius 2 is 1.95 bits per heavy atom. The van der Waals surface area contributed by atoms with E-state index >= 15 is 0 Å². The van der Waals surface area contributed by atoms with Crippen molar-refractivity contribution in [1.82, 2.24) is 20.4 Å². The molecule has 0 spiro atoms. The second kappa shape index (κ2) is 11.3. The van der Waals surface area contributed by atoms with Gasteiger partial charge in [0.1, 0.15) is 11.9 Å². The standard InChI is InChI=1S/C30H34N4O3S/c1-36-17-16-34-14-12-24(13-15-34)37-23-9-6-20(7-10-23)28-25-19-22(8-11-26(25)32-33-28)30(35)31-29(21-4-5-21)27-3-2-18-38-27/h2-3,6-11,18-19,21,24,29H,4-5,12-17H2,1H3,(H,31,35)(H,32,33)/t29-/m0/s1. The minimum atomic E-state index is -0.0404. The van der Waals surface area contributed by atoms with Gasteiger partial charge < -0.3 is 19.7 Å². The predicted octanol–water partition coefficient (Wildman–Crippen LogP) is 5.66. The fraction of sp³-hybridized carbons (Fsp3) is 0.400. The number of amides is 1. The van der Waals surface area contributed by atoms with E-state index in [4.69, 9.17) is 9.47 Å². The Kier molecular flexibility index (Phi) is 7.44. The van der Waals surface area contributed by atoms with Gasteiger partial charge in [-0.25, -0.2) is 0 Å². The number of ether oxygens (including phenoxy) is 2. The highest BCUT2D eigenvalue weighted by Crippen LogP contribution is 2.42. The van der Waals surface area contributed by atoms with Crippen LogP contribution in [0.1, 0.15) is 47.0 Å². The first-order valence-corrected chi connectivity index (χ1v) is 14.4. The summed E-state index contributed by atoms with van der Waals surface area (Å²) in [4.78, 5) is 16.9. The molecule has 6 rings (SSSR count). The first kappa shape index (κ1) is 25.1. The number of hydrogen-bond donors (Lipinski definition) is 2. The average molecular weight is 531 g/mol. The summed E-state index contributed by atoms with van der Waals surface area (Å²) < 4.78 is 11.5. The Bertz CT molecular complexity index is 1360. The van der Waals surface area contributed by atoms with Gasteiger partial charge in [0.05, 0.1) is 23.9 Å². The lowest BCUT2D eigenvalue weighted by Gasteiger charge is -2.31. The third-order valence-corrected chi connectivity index (χ3v) is 8.59. The summed E-state index contributed by atoms with van der Waals surface area (Å²) in [6, 6.07) is 18.1. The molecule has 38 heavy (non-hydrogen) atoms. The van der Waals surface area contributed by atoms with Crippen LogP contribution in [0, 0.1) is 5.92 Å². The van der Waals surface area contributed by atoms with E-state index in [1.54, 1.807) is 18.4 Å². The van der Waals surface area contributed by atoms with Crippen molar-refractivity contribution in [3.63, 3.8) is 0 Å². The summed E-state index contributed by atoms with van der Waals surface area (Å²) in [5, 5.41) is 14.0. The van der Waals surface area contributed by atoms with Crippen molar-refractivity contribution in [2.24, 2.45) is 5.92 Å². The van der Waals surface area contributed by atoms with E-state index < -0.39 is 0 Å². The number of carbonyl (C=O) groups excluding carboxylic acids is 1. The molecule has 0 bridgehead atoms. The highest BCUT2D eigenvalue weighted by atomic mass is 32.1. The van der Waals surface area contributed by atoms with Gasteiger partial charge in [-0.1, -0.05) is 6.07 Å². The van der Waals surface area contributed by atoms with Crippen molar-refractivity contribution in [3.8, 4) is 17.0 Å². The maximum absolute atomic E-state index is 13.2. The van der Waals surface area contributed by atoms with Gasteiger partial charge in [0, 0.05) is 48.1 Å². The van der Waals surface area contributed by atoms with Crippen LogP contribution in [0.5, 0.6) is 5.75 Å². The fourth-order valence-corrected chi connectivity index (χ4v) is 6.14. The fourth-order valence-electron chi connectivity index (χ4n) is 5.27. The van der Waals surface area contributed by atoms with E-state index in [0.29, 0.717) is 11.5 Å². The number of rotatable bonds is 10. The Labute approximate surface area is 227 Å². The van der Waals surface area contributed by atoms with Crippen LogP contribution in [-0.2, 0) is 4.74 Å². The SMILES string of the molecule is COCCN1CCC(Oc2ccc(-c3n[nH]c4ccc(C(=O)N[C@H](c5cccs5)C5CC5)cc34)cc2)CC1. The van der Waals surface area contributed by atoms with E-state index in [9.17, 15) is 4.79 Å². The van der Waals surface area contributed by atoms with Crippen LogP contribution in [0.25, 0.3) is 22.2 Å². The number of benzene rings is 2. The lowest BCUT2D eigenvalue weighted by molar-refractivity contribution is 0.0797. The molecule has 2 aliphatic rings. The number of nitrogens with zero attached hydrogens (tertiary/aromatic N) is 2. The minimum absolute atomic E-state index is 0.0404. The molecular weight excluding hydrogens is 496 g/mol. The molecule has 7 nitrogen and oxygen atoms in total. The molecule has 8 heteroatoms. The van der Waals surface area contributed by atoms with Crippen molar-refractivity contribution in [1.29, 1.82) is 0 Å². The number of aromatic nitrogens is 2. The van der Waals surface area contributed by atoms with Crippen LogP contribution in [0.2, 0.25) is 0 Å². The van der Waals surface area contributed by atoms with Gasteiger partial charge in [-0.3, -0.25) is 9.89 Å². The van der Waals surface area contributed by atoms with Gasteiger partial charge in [0.15, 0.2) is 0 Å². The van der Waals surface area contributed by atoms with E-state index in [-0.39, 0.29) is 18.1 Å². The number of fused-ring (bicyclic) bond motifs is 1. The van der Waals surface area contributed by atoms with Gasteiger partial charge in [0.25, 0.3) is 5.91 Å². The lowest BCUT2D eigenvalue weighted by Crippen LogP contribution is -2.39. The average Bonchev–Trinajstić information content (AvgIpc) is 3.47. The van der Waals surface area contributed by atoms with Crippen LogP contribution in [0.3, 0.4) is 0 Å². The third-order valence-electron chi connectivity index (χ3n) is 7.63. The number of H-pyrrole nitrogens is 1. The molecule has 1 saturated carbocycles. The molecule has 2 aromatic carbocycles. The maximum Gasteiger partial charge on any atom is 0.251 e. The maximum atomic E-state index is 13.2. The highest BCUT2D eigenvalue weighted by molar-refractivity contribution is 7.10. The van der Waals surface area contributed by atoms with Gasteiger partial charge in [0.2, 0.25) is 0 Å². The smallest absolute Gasteiger partial charge is 0.251 e. The number of aromatic amines is 1. The number of methoxy groups -OCH3 is 1. The second-order valence-corrected chi connectivity index (χ2v) is 11.3. The first-order chi connectivity index (χ1) is 18.7. The number of likely N-dealkylation sites (tertiary alicyclic amines) is 1. The Morgan fingerprint density at radius 1 is 1.13 bits per heavy atom. The first-order valence-electron chi connectivity index (χ1n) is 13.5. The number of carbonyl (C=O) groups is 1. The highest BCUT2D eigenvalue weighted by Gasteiger charge is 2.34. The molecule has 2 fully saturated rings. The molecular formula is C30H34N4O3S. The Hall–Kier alpha value is -3.20. The van der Waals surface area contributed by atoms with E-state index in [0.717, 1.165) is 67.0 Å². The molecule has 1 aliphatic heterocycles. The van der Waals surface area contributed by atoms with Crippen LogP contribution in [0.4, 0.5) is 0 Å². The molecule has 1 amide bonds. The van der Waals surface area contributed by atoms with Crippen molar-refractivity contribution in [2.75, 3.05) is 33.4 Å². The molecule has 1 atom stereocenters. The summed E-state index contributed by atoms with van der Waals surface area (Å²) in [6.45, 7) is 3.83. The second-order valence-electron chi connectivity index (χ2n) is 10.3. The normalized spacial score (nSPS) is 17.5. The number of thiophene rings is 1. The Morgan fingerprint density at radius 3 is 2.66 bits per heavy atom. The van der Waals surface area contributed by atoms with Gasteiger partial charge >= 0.3 is 0 Å². The van der Waals surface area contributed by atoms with E-state index in [2.05, 4.69) is 37.9 Å². The monoisotopic (exact) mass is 530 g/mol. The summed E-state index contributed by atoms with van der Waals surface area (Å²) >= 11 is 1.71. The molecule has 2 N–H and O–H groups in total. The predicted molar refractivity (Wildman–Crippen MR) is 151 cm³/mol. The molecule has 1 saturated heterocycles. The third kappa shape index (κ3) is 5.62. The van der Waals surface area contributed by atoms with Crippen molar-refractivity contribution >= 4 is 28.1 Å². The molecule has 0 unspecified atom stereocenters. The van der Waals surface area contributed by atoms with Crippen LogP contribution in [-0.4, -0.2) is 60.5 Å². The van der Waals surface area contributed by atoms with E-state index in [1.807, 2.05) is 42.5 Å². The number of hydrogen-bond acceptors (Lipinski definition) is 6. The molecule has 3 heterocycles. The molecule has 1 aliphatic carbocycles. The number of nitrogens with one attached hydrogen (secondary N) is 2. The zero-order valence-electron chi connectivity index (χ0n) is 21.7. The minimum Gasteiger partial charge on any atom is -0.490 e. The van der Waals surface area contributed by atoms with E-state index in [1.165, 1.54) is 17.7 Å². The van der Waals surface area contributed by atoms with Crippen molar-refractivity contribution in [3.05, 3.63) is 70.4 Å². The zero-order chi connectivity index (χ0) is 25.9. The van der Waals surface area contributed by atoms with Gasteiger partial charge in [-0.15, -0.1) is 11.3 Å². The summed E-state index contributed by atoms with van der Waals surface area (Å²) in [5.41, 5.74) is 3.39. The molecule has 2 aromatic heterocycles. The van der Waals surface area contributed by atoms with Crippen molar-refractivity contribution < 1.29 is 14.3 Å². The summed E-state index contributed by atoms with van der Waals surface area (Å²) in [5.74, 6) is 1.37. The molecule has 198 valence electrons. The van der Waals surface area contributed by atoms with Gasteiger partial charge in [-0.2, -0.15) is 5.10 Å². The van der Waals surface area contributed by atoms with Crippen LogP contribution in [0.15, 0.2) is 60.0 Å².